The van der Waals surface area contributed by atoms with E-state index >= 15 is 0 Å². The quantitative estimate of drug-likeness (QED) is 0.591. The molecule has 4 rings (SSSR count). The zero-order valence-corrected chi connectivity index (χ0v) is 18.3. The normalized spacial score (nSPS) is 16.1. The second-order valence-electron chi connectivity index (χ2n) is 7.76. The molecular formula is C21H28N8O2. The fourth-order valence-electron chi connectivity index (χ4n) is 3.90. The molecule has 0 saturated carbocycles. The van der Waals surface area contributed by atoms with Gasteiger partial charge in [0.05, 0.1) is 24.2 Å². The molecule has 0 spiro atoms. The lowest BCUT2D eigenvalue weighted by atomic mass is 10.1. The van der Waals surface area contributed by atoms with Crippen LogP contribution in [0.4, 0.5) is 11.8 Å². The van der Waals surface area contributed by atoms with E-state index in [9.17, 15) is 4.79 Å². The third kappa shape index (κ3) is 4.43. The van der Waals surface area contributed by atoms with Gasteiger partial charge in [0.2, 0.25) is 11.8 Å². The Morgan fingerprint density at radius 3 is 2.87 bits per heavy atom. The van der Waals surface area contributed by atoms with E-state index in [2.05, 4.69) is 35.5 Å². The van der Waals surface area contributed by atoms with Gasteiger partial charge in [-0.25, -0.2) is 15.0 Å². The molecule has 0 aromatic carbocycles. The predicted octanol–water partition coefficient (Wildman–Crippen LogP) is 1.83. The molecule has 1 atom stereocenters. The maximum atomic E-state index is 13.0. The monoisotopic (exact) mass is 424 g/mol. The summed E-state index contributed by atoms with van der Waals surface area (Å²) in [7, 11) is 1.96. The smallest absolute Gasteiger partial charge is 0.263 e. The van der Waals surface area contributed by atoms with Gasteiger partial charge in [-0.3, -0.25) is 4.79 Å². The fourth-order valence-corrected chi connectivity index (χ4v) is 3.90. The molecule has 1 amide bonds. The van der Waals surface area contributed by atoms with Crippen LogP contribution in [0.2, 0.25) is 0 Å². The summed E-state index contributed by atoms with van der Waals surface area (Å²) in [5, 5.41) is 6.05. The molecule has 2 N–H and O–H groups in total. The summed E-state index contributed by atoms with van der Waals surface area (Å²) in [6, 6.07) is 0. The standard InChI is InChI=1S/C21H28N8O2/c1-5-31-20-16(9-23-21(27-20)28-7-6-15(11-28)8-22-4)19(30)26-17-12-29-10-13(2)24-18(29)14(3)25-17/h9-10,12,15,22H,5-8,11H2,1-4H3,(H,26,30). The summed E-state index contributed by atoms with van der Waals surface area (Å²) >= 11 is 0. The van der Waals surface area contributed by atoms with Crippen LogP contribution in [0.25, 0.3) is 5.65 Å². The van der Waals surface area contributed by atoms with Crippen molar-refractivity contribution in [1.29, 1.82) is 0 Å². The van der Waals surface area contributed by atoms with Crippen molar-refractivity contribution in [2.24, 2.45) is 5.92 Å². The third-order valence-electron chi connectivity index (χ3n) is 5.30. The lowest BCUT2D eigenvalue weighted by Crippen LogP contribution is -2.26. The van der Waals surface area contributed by atoms with Gasteiger partial charge in [0, 0.05) is 25.5 Å². The first-order valence-electron chi connectivity index (χ1n) is 10.5. The summed E-state index contributed by atoms with van der Waals surface area (Å²) in [5.74, 6) is 1.48. The number of ether oxygens (including phenoxy) is 1. The number of nitrogens with one attached hydrogen (secondary N) is 2. The molecule has 0 radical (unpaired) electrons. The molecule has 0 aliphatic carbocycles. The number of amides is 1. The largest absolute Gasteiger partial charge is 0.477 e. The lowest BCUT2D eigenvalue weighted by Gasteiger charge is -2.18. The Labute approximate surface area is 181 Å². The van der Waals surface area contributed by atoms with Crippen molar-refractivity contribution >= 4 is 23.3 Å². The highest BCUT2D eigenvalue weighted by Gasteiger charge is 2.26. The van der Waals surface area contributed by atoms with E-state index in [-0.39, 0.29) is 17.4 Å². The Kier molecular flexibility index (Phi) is 5.99. The minimum absolute atomic E-state index is 0.276. The Morgan fingerprint density at radius 1 is 1.26 bits per heavy atom. The molecule has 3 aromatic rings. The van der Waals surface area contributed by atoms with Gasteiger partial charge < -0.3 is 24.7 Å². The summed E-state index contributed by atoms with van der Waals surface area (Å²) in [6.45, 7) is 8.77. The molecule has 1 fully saturated rings. The first-order chi connectivity index (χ1) is 15.0. The van der Waals surface area contributed by atoms with Crippen LogP contribution in [0.3, 0.4) is 0 Å². The Hall–Kier alpha value is -3.27. The minimum Gasteiger partial charge on any atom is -0.477 e. The van der Waals surface area contributed by atoms with Crippen LogP contribution in [0, 0.1) is 19.8 Å². The van der Waals surface area contributed by atoms with Crippen molar-refractivity contribution in [3.63, 3.8) is 0 Å². The second kappa shape index (κ2) is 8.84. The van der Waals surface area contributed by atoms with Crippen molar-refractivity contribution in [2.75, 3.05) is 43.5 Å². The highest BCUT2D eigenvalue weighted by atomic mass is 16.5. The van der Waals surface area contributed by atoms with E-state index in [0.29, 0.717) is 24.3 Å². The number of aryl methyl sites for hydroxylation is 2. The molecular weight excluding hydrogens is 396 g/mol. The third-order valence-corrected chi connectivity index (χ3v) is 5.30. The fraction of sp³-hybridized carbons (Fsp3) is 0.476. The van der Waals surface area contributed by atoms with Crippen LogP contribution >= 0.6 is 0 Å². The van der Waals surface area contributed by atoms with Crippen LogP contribution in [0.1, 0.15) is 35.1 Å². The van der Waals surface area contributed by atoms with Crippen LogP contribution in [-0.2, 0) is 0 Å². The number of nitrogens with zero attached hydrogens (tertiary/aromatic N) is 6. The van der Waals surface area contributed by atoms with Crippen LogP contribution in [-0.4, -0.2) is 63.5 Å². The number of aromatic nitrogens is 5. The minimum atomic E-state index is -0.368. The van der Waals surface area contributed by atoms with Gasteiger partial charge in [-0.15, -0.1) is 0 Å². The number of hydrogen-bond donors (Lipinski definition) is 2. The Morgan fingerprint density at radius 2 is 2.10 bits per heavy atom. The first-order valence-corrected chi connectivity index (χ1v) is 10.5. The van der Waals surface area contributed by atoms with E-state index in [1.165, 1.54) is 6.20 Å². The lowest BCUT2D eigenvalue weighted by molar-refractivity contribution is 0.102. The topological polar surface area (TPSA) is 110 Å². The first kappa shape index (κ1) is 21.0. The molecule has 164 valence electrons. The van der Waals surface area contributed by atoms with Crippen molar-refractivity contribution < 1.29 is 9.53 Å². The number of carbonyl (C=O) groups is 1. The molecule has 3 aromatic heterocycles. The second-order valence-corrected chi connectivity index (χ2v) is 7.76. The van der Waals surface area contributed by atoms with E-state index in [0.717, 1.165) is 43.1 Å². The molecule has 31 heavy (non-hydrogen) atoms. The molecule has 1 unspecified atom stereocenters. The highest BCUT2D eigenvalue weighted by Crippen LogP contribution is 2.25. The maximum Gasteiger partial charge on any atom is 0.263 e. The van der Waals surface area contributed by atoms with Crippen molar-refractivity contribution in [3.8, 4) is 5.88 Å². The number of rotatable bonds is 7. The van der Waals surface area contributed by atoms with Gasteiger partial charge in [0.1, 0.15) is 11.4 Å². The summed E-state index contributed by atoms with van der Waals surface area (Å²) in [5.41, 5.74) is 2.65. The van der Waals surface area contributed by atoms with Gasteiger partial charge in [0.15, 0.2) is 5.65 Å². The number of carbonyl (C=O) groups excluding carboxylic acids is 1. The molecule has 10 nitrogen and oxygen atoms in total. The van der Waals surface area contributed by atoms with E-state index in [1.54, 1.807) is 6.20 Å². The zero-order chi connectivity index (χ0) is 22.0. The molecule has 4 heterocycles. The van der Waals surface area contributed by atoms with Crippen LogP contribution in [0.15, 0.2) is 18.6 Å². The van der Waals surface area contributed by atoms with Gasteiger partial charge in [0.25, 0.3) is 5.91 Å². The number of fused-ring (bicyclic) bond motifs is 1. The van der Waals surface area contributed by atoms with Gasteiger partial charge >= 0.3 is 0 Å². The van der Waals surface area contributed by atoms with Gasteiger partial charge in [-0.05, 0) is 46.7 Å². The summed E-state index contributed by atoms with van der Waals surface area (Å²) in [6.07, 6.45) is 6.24. The Bertz CT molecular complexity index is 1100. The van der Waals surface area contributed by atoms with Crippen molar-refractivity contribution in [3.05, 3.63) is 35.5 Å². The van der Waals surface area contributed by atoms with Crippen molar-refractivity contribution in [1.82, 2.24) is 29.7 Å². The number of anilines is 2. The average molecular weight is 425 g/mol. The van der Waals surface area contributed by atoms with Gasteiger partial charge in [-0.1, -0.05) is 0 Å². The molecule has 1 aliphatic rings. The van der Waals surface area contributed by atoms with Crippen LogP contribution in [0.5, 0.6) is 5.88 Å². The summed E-state index contributed by atoms with van der Waals surface area (Å²) < 4.78 is 7.53. The van der Waals surface area contributed by atoms with E-state index in [4.69, 9.17) is 4.74 Å². The molecule has 1 aliphatic heterocycles. The highest BCUT2D eigenvalue weighted by molar-refractivity contribution is 6.05. The Balaban J connectivity index is 1.56. The number of imidazole rings is 1. The average Bonchev–Trinajstić information content (AvgIpc) is 3.35. The zero-order valence-electron chi connectivity index (χ0n) is 18.3. The maximum absolute atomic E-state index is 13.0. The predicted molar refractivity (Wildman–Crippen MR) is 118 cm³/mol. The van der Waals surface area contributed by atoms with Crippen molar-refractivity contribution in [2.45, 2.75) is 27.2 Å². The SMILES string of the molecule is CCOc1nc(N2CCC(CNC)C2)ncc1C(=O)Nc1cn2cc(C)nc2c(C)n1. The number of hydrogen-bond acceptors (Lipinski definition) is 8. The van der Waals surface area contributed by atoms with Crippen LogP contribution < -0.4 is 20.3 Å². The molecule has 0 bridgehead atoms. The molecule has 10 heteroatoms. The van der Waals surface area contributed by atoms with Gasteiger partial charge in [-0.2, -0.15) is 4.98 Å². The summed E-state index contributed by atoms with van der Waals surface area (Å²) in [4.78, 5) is 33.0. The molecule has 1 saturated heterocycles. The van der Waals surface area contributed by atoms with E-state index < -0.39 is 0 Å². The van der Waals surface area contributed by atoms with E-state index in [1.807, 2.05) is 38.4 Å².